The van der Waals surface area contributed by atoms with E-state index >= 15 is 0 Å². The Kier molecular flexibility index (Phi) is 4.41. The van der Waals surface area contributed by atoms with Crippen LogP contribution in [0.1, 0.15) is 12.5 Å². The average Bonchev–Trinajstić information content (AvgIpc) is 2.20. The van der Waals surface area contributed by atoms with Gasteiger partial charge in [0.1, 0.15) is 11.0 Å². The van der Waals surface area contributed by atoms with Crippen molar-refractivity contribution in [1.82, 2.24) is 0 Å². The Balaban J connectivity index is 3.30. The molecular weight excluding hydrogens is 285 g/mol. The second-order valence-electron chi connectivity index (χ2n) is 3.58. The lowest BCUT2D eigenvalue weighted by molar-refractivity contribution is 0.318. The number of rotatable bonds is 3. The molecule has 0 amide bonds. The topological polar surface area (TPSA) is 66.7 Å². The Labute approximate surface area is 110 Å². The molecule has 1 rings (SSSR count). The molecule has 0 aliphatic carbocycles. The zero-order chi connectivity index (χ0) is 13.2. The van der Waals surface area contributed by atoms with Crippen LogP contribution in [0.15, 0.2) is 23.4 Å². The van der Waals surface area contributed by atoms with Crippen molar-refractivity contribution >= 4 is 38.8 Å². The highest BCUT2D eigenvalue weighted by Crippen LogP contribution is 2.23. The van der Waals surface area contributed by atoms with Crippen LogP contribution >= 0.6 is 23.2 Å². The van der Waals surface area contributed by atoms with Crippen LogP contribution in [-0.4, -0.2) is 30.8 Å². The van der Waals surface area contributed by atoms with Gasteiger partial charge >= 0.3 is 0 Å². The second-order valence-corrected chi connectivity index (χ2v) is 6.79. The first-order chi connectivity index (χ1) is 7.77. The highest BCUT2D eigenvalue weighted by molar-refractivity contribution is 7.92. The highest BCUT2D eigenvalue weighted by atomic mass is 35.5. The smallest absolute Gasteiger partial charge is 0.155 e. The molecule has 1 atom stereocenters. The van der Waals surface area contributed by atoms with E-state index in [-0.39, 0.29) is 10.7 Å². The van der Waals surface area contributed by atoms with Gasteiger partial charge < -0.3 is 5.21 Å². The van der Waals surface area contributed by atoms with Crippen LogP contribution in [0.25, 0.3) is 0 Å². The van der Waals surface area contributed by atoms with Crippen molar-refractivity contribution in [1.29, 1.82) is 0 Å². The van der Waals surface area contributed by atoms with E-state index in [1.165, 1.54) is 19.1 Å². The standard InChI is InChI=1S/C10H11Cl2NO3S/c1-6(17(2,15)16)10(13-14)8-4-3-7(11)5-9(8)12/h3-6,14H,1-2H3/b13-10+/t6-/m1/s1. The van der Waals surface area contributed by atoms with E-state index in [0.717, 1.165) is 6.26 Å². The molecule has 1 aromatic carbocycles. The van der Waals surface area contributed by atoms with E-state index in [4.69, 9.17) is 28.4 Å². The predicted octanol–water partition coefficient (Wildman–Crippen LogP) is 2.60. The maximum absolute atomic E-state index is 11.4. The van der Waals surface area contributed by atoms with E-state index in [1.54, 1.807) is 6.07 Å². The van der Waals surface area contributed by atoms with Gasteiger partial charge in [-0.1, -0.05) is 28.4 Å². The lowest BCUT2D eigenvalue weighted by Crippen LogP contribution is -2.27. The zero-order valence-electron chi connectivity index (χ0n) is 9.18. The molecule has 0 aromatic heterocycles. The number of sulfone groups is 1. The predicted molar refractivity (Wildman–Crippen MR) is 69.1 cm³/mol. The normalized spacial score (nSPS) is 14.7. The first-order valence-electron chi connectivity index (χ1n) is 4.63. The van der Waals surface area contributed by atoms with Crippen LogP contribution in [0, 0.1) is 0 Å². The summed E-state index contributed by atoms with van der Waals surface area (Å²) in [7, 11) is -3.37. The maximum atomic E-state index is 11.4. The van der Waals surface area contributed by atoms with E-state index in [1.807, 2.05) is 0 Å². The summed E-state index contributed by atoms with van der Waals surface area (Å²) in [5, 5.41) is 11.7. The molecular formula is C10H11Cl2NO3S. The third-order valence-electron chi connectivity index (χ3n) is 2.34. The Hall–Kier alpha value is -0.780. The fraction of sp³-hybridized carbons (Fsp3) is 0.300. The third-order valence-corrected chi connectivity index (χ3v) is 4.40. The van der Waals surface area contributed by atoms with Gasteiger partial charge in [0.05, 0.1) is 5.02 Å². The van der Waals surface area contributed by atoms with Gasteiger partial charge in [0.25, 0.3) is 0 Å². The fourth-order valence-corrected chi connectivity index (χ4v) is 2.34. The number of hydrogen-bond acceptors (Lipinski definition) is 4. The molecule has 7 heteroatoms. The molecule has 0 heterocycles. The fourth-order valence-electron chi connectivity index (χ4n) is 1.25. The average molecular weight is 296 g/mol. The molecule has 0 bridgehead atoms. The van der Waals surface area contributed by atoms with Gasteiger partial charge in [0, 0.05) is 16.8 Å². The minimum absolute atomic E-state index is 0.00540. The molecule has 94 valence electrons. The monoisotopic (exact) mass is 295 g/mol. The summed E-state index contributed by atoms with van der Waals surface area (Å²) in [6, 6.07) is 4.52. The van der Waals surface area contributed by atoms with Crippen molar-refractivity contribution in [3.8, 4) is 0 Å². The lowest BCUT2D eigenvalue weighted by atomic mass is 10.1. The molecule has 0 radical (unpaired) electrons. The van der Waals surface area contributed by atoms with E-state index in [0.29, 0.717) is 10.6 Å². The Morgan fingerprint density at radius 2 is 2.00 bits per heavy atom. The molecule has 0 spiro atoms. The Morgan fingerprint density at radius 1 is 1.41 bits per heavy atom. The van der Waals surface area contributed by atoms with Crippen molar-refractivity contribution in [2.24, 2.45) is 5.16 Å². The summed E-state index contributed by atoms with van der Waals surface area (Å²) < 4.78 is 22.8. The lowest BCUT2D eigenvalue weighted by Gasteiger charge is -2.13. The highest BCUT2D eigenvalue weighted by Gasteiger charge is 2.25. The van der Waals surface area contributed by atoms with Crippen molar-refractivity contribution in [2.45, 2.75) is 12.2 Å². The third kappa shape index (κ3) is 3.34. The minimum atomic E-state index is -3.37. The minimum Gasteiger partial charge on any atom is -0.411 e. The number of halogens is 2. The number of oxime groups is 1. The number of benzene rings is 1. The molecule has 1 aromatic rings. The first kappa shape index (κ1) is 14.3. The summed E-state index contributed by atoms with van der Waals surface area (Å²) >= 11 is 11.7. The van der Waals surface area contributed by atoms with Crippen molar-refractivity contribution in [2.75, 3.05) is 6.26 Å². The van der Waals surface area contributed by atoms with E-state index < -0.39 is 15.1 Å². The van der Waals surface area contributed by atoms with Gasteiger partial charge in [-0.15, -0.1) is 0 Å². The van der Waals surface area contributed by atoms with Crippen LogP contribution in [-0.2, 0) is 9.84 Å². The van der Waals surface area contributed by atoms with Crippen LogP contribution in [0.2, 0.25) is 10.0 Å². The molecule has 1 N–H and O–H groups in total. The van der Waals surface area contributed by atoms with Gasteiger partial charge in [-0.05, 0) is 25.1 Å². The molecule has 0 aliphatic heterocycles. The van der Waals surface area contributed by atoms with Gasteiger partial charge in [0.15, 0.2) is 9.84 Å². The molecule has 0 fully saturated rings. The van der Waals surface area contributed by atoms with Crippen molar-refractivity contribution < 1.29 is 13.6 Å². The maximum Gasteiger partial charge on any atom is 0.155 e. The van der Waals surface area contributed by atoms with Crippen molar-refractivity contribution in [3.05, 3.63) is 33.8 Å². The molecule has 4 nitrogen and oxygen atoms in total. The largest absolute Gasteiger partial charge is 0.411 e. The molecule has 0 unspecified atom stereocenters. The van der Waals surface area contributed by atoms with Gasteiger partial charge in [-0.3, -0.25) is 0 Å². The van der Waals surface area contributed by atoms with Crippen LogP contribution < -0.4 is 0 Å². The molecule has 17 heavy (non-hydrogen) atoms. The number of nitrogens with zero attached hydrogens (tertiary/aromatic N) is 1. The second kappa shape index (κ2) is 5.25. The van der Waals surface area contributed by atoms with Crippen LogP contribution in [0.5, 0.6) is 0 Å². The van der Waals surface area contributed by atoms with E-state index in [2.05, 4.69) is 5.16 Å². The molecule has 0 saturated carbocycles. The first-order valence-corrected chi connectivity index (χ1v) is 7.34. The van der Waals surface area contributed by atoms with Gasteiger partial charge in [-0.25, -0.2) is 8.42 Å². The summed E-state index contributed by atoms with van der Waals surface area (Å²) in [6.45, 7) is 1.43. The number of hydrogen-bond donors (Lipinski definition) is 1. The zero-order valence-corrected chi connectivity index (χ0v) is 11.5. The SMILES string of the molecule is C[C@H](/C(=N\O)c1ccc(Cl)cc1Cl)S(C)(=O)=O. The summed E-state index contributed by atoms with van der Waals surface area (Å²) in [6.07, 6.45) is 1.06. The van der Waals surface area contributed by atoms with Gasteiger partial charge in [0.2, 0.25) is 0 Å². The van der Waals surface area contributed by atoms with Crippen LogP contribution in [0.3, 0.4) is 0 Å². The quantitative estimate of drug-likeness (QED) is 0.529. The Bertz CT molecular complexity index is 555. The molecule has 0 aliphatic rings. The van der Waals surface area contributed by atoms with Crippen LogP contribution in [0.4, 0.5) is 0 Å². The summed E-state index contributed by atoms with van der Waals surface area (Å²) in [5.74, 6) is 0. The summed E-state index contributed by atoms with van der Waals surface area (Å²) in [4.78, 5) is 0. The molecule has 0 saturated heterocycles. The van der Waals surface area contributed by atoms with Gasteiger partial charge in [-0.2, -0.15) is 0 Å². The summed E-state index contributed by atoms with van der Waals surface area (Å²) in [5.41, 5.74) is 0.339. The van der Waals surface area contributed by atoms with Crippen molar-refractivity contribution in [3.63, 3.8) is 0 Å². The van der Waals surface area contributed by atoms with E-state index in [9.17, 15) is 8.42 Å². The Morgan fingerprint density at radius 3 is 2.41 bits per heavy atom.